The molecule has 0 saturated carbocycles. The Balaban J connectivity index is 1.40. The van der Waals surface area contributed by atoms with Crippen LogP contribution in [0.4, 0.5) is 8.78 Å². The van der Waals surface area contributed by atoms with Gasteiger partial charge in [-0.15, -0.1) is 0 Å². The summed E-state index contributed by atoms with van der Waals surface area (Å²) >= 11 is 0. The van der Waals surface area contributed by atoms with Gasteiger partial charge < -0.3 is 14.5 Å². The molecule has 4 aromatic rings. The molecule has 10 heteroatoms. The molecular formula is C24H21F2N3O4S. The summed E-state index contributed by atoms with van der Waals surface area (Å²) in [5, 5.41) is 3.49. The second-order valence-electron chi connectivity index (χ2n) is 7.75. The second-order valence-corrected chi connectivity index (χ2v) is 9.23. The number of amides is 1. The van der Waals surface area contributed by atoms with Crippen LogP contribution in [-0.2, 0) is 17.3 Å². The number of carbonyl (C=O) groups excluding carboxylic acids is 1. The van der Waals surface area contributed by atoms with Gasteiger partial charge in [0.25, 0.3) is 5.91 Å². The molecular weight excluding hydrogens is 464 g/mol. The van der Waals surface area contributed by atoms with Crippen molar-refractivity contribution in [3.63, 3.8) is 0 Å². The van der Waals surface area contributed by atoms with Crippen molar-refractivity contribution in [3.05, 3.63) is 78.6 Å². The fourth-order valence-electron chi connectivity index (χ4n) is 2.94. The maximum Gasteiger partial charge on any atom is 0.400 e. The SMILES string of the molecule is CC(C)C(F)(F)Oc1cccc(S(=O)c2ccc(CNC(=O)c3cc4ccncc4o3)nc2)c1. The first-order chi connectivity index (χ1) is 16.2. The number of hydrogen-bond acceptors (Lipinski definition) is 6. The van der Waals surface area contributed by atoms with Gasteiger partial charge in [-0.1, -0.05) is 19.9 Å². The highest BCUT2D eigenvalue weighted by Gasteiger charge is 2.36. The lowest BCUT2D eigenvalue weighted by Crippen LogP contribution is -2.31. The van der Waals surface area contributed by atoms with E-state index in [1.54, 1.807) is 36.5 Å². The minimum Gasteiger partial charge on any atom is -0.449 e. The van der Waals surface area contributed by atoms with E-state index in [-0.39, 0.29) is 18.1 Å². The van der Waals surface area contributed by atoms with Crippen molar-refractivity contribution in [3.8, 4) is 5.75 Å². The van der Waals surface area contributed by atoms with E-state index in [2.05, 4.69) is 15.3 Å². The van der Waals surface area contributed by atoms with Gasteiger partial charge in [0.2, 0.25) is 0 Å². The zero-order valence-electron chi connectivity index (χ0n) is 18.3. The minimum absolute atomic E-state index is 0.0711. The van der Waals surface area contributed by atoms with Gasteiger partial charge in [0.1, 0.15) is 5.75 Å². The standard InChI is InChI=1S/C24H21F2N3O4S/c1-15(2)24(25,26)33-18-4-3-5-19(11-18)34(31)20-7-6-17(28-13-20)12-29-23(30)21-10-16-8-9-27-14-22(16)32-21/h3-11,13-15H,12H2,1-2H3,(H,29,30). The molecule has 1 atom stereocenters. The molecule has 34 heavy (non-hydrogen) atoms. The van der Waals surface area contributed by atoms with Gasteiger partial charge in [0.15, 0.2) is 11.3 Å². The number of alkyl halides is 2. The summed E-state index contributed by atoms with van der Waals surface area (Å²) in [5.74, 6) is -1.33. The van der Waals surface area contributed by atoms with Crippen LogP contribution in [0.5, 0.6) is 5.75 Å². The van der Waals surface area contributed by atoms with Crippen molar-refractivity contribution < 1.29 is 26.9 Å². The maximum absolute atomic E-state index is 13.9. The zero-order valence-corrected chi connectivity index (χ0v) is 19.1. The highest BCUT2D eigenvalue weighted by Crippen LogP contribution is 2.30. The molecule has 0 aliphatic rings. The van der Waals surface area contributed by atoms with Crippen LogP contribution in [-0.4, -0.2) is 26.2 Å². The van der Waals surface area contributed by atoms with Crippen molar-refractivity contribution in [2.45, 2.75) is 36.3 Å². The second kappa shape index (κ2) is 9.68. The fraction of sp³-hybridized carbons (Fsp3) is 0.208. The number of halogens is 2. The van der Waals surface area contributed by atoms with Crippen molar-refractivity contribution in [1.82, 2.24) is 15.3 Å². The van der Waals surface area contributed by atoms with Crippen LogP contribution in [0.15, 0.2) is 81.3 Å². The molecule has 3 aromatic heterocycles. The monoisotopic (exact) mass is 485 g/mol. The average Bonchev–Trinajstić information content (AvgIpc) is 3.27. The summed E-state index contributed by atoms with van der Waals surface area (Å²) in [7, 11) is -1.65. The summed E-state index contributed by atoms with van der Waals surface area (Å²) in [6.45, 7) is 2.84. The number of pyridine rings is 2. The largest absolute Gasteiger partial charge is 0.449 e. The Morgan fingerprint density at radius 2 is 1.97 bits per heavy atom. The van der Waals surface area contributed by atoms with E-state index in [0.29, 0.717) is 21.1 Å². The van der Waals surface area contributed by atoms with E-state index in [0.717, 1.165) is 5.39 Å². The van der Waals surface area contributed by atoms with Gasteiger partial charge in [-0.05, 0) is 42.5 Å². The quantitative estimate of drug-likeness (QED) is 0.380. The number of hydrogen-bond donors (Lipinski definition) is 1. The van der Waals surface area contributed by atoms with E-state index < -0.39 is 28.7 Å². The molecule has 1 N–H and O–H groups in total. The molecule has 7 nitrogen and oxygen atoms in total. The molecule has 1 amide bonds. The third kappa shape index (κ3) is 5.28. The summed E-state index contributed by atoms with van der Waals surface area (Å²) in [6, 6.07) is 12.4. The Labute approximate surface area is 196 Å². The fourth-order valence-corrected chi connectivity index (χ4v) is 3.98. The Kier molecular flexibility index (Phi) is 6.69. The Morgan fingerprint density at radius 1 is 1.15 bits per heavy atom. The van der Waals surface area contributed by atoms with Crippen molar-refractivity contribution in [1.29, 1.82) is 0 Å². The number of carbonyl (C=O) groups is 1. The predicted octanol–water partition coefficient (Wildman–Crippen LogP) is 4.95. The zero-order chi connectivity index (χ0) is 24.3. The van der Waals surface area contributed by atoms with E-state index in [9.17, 15) is 17.8 Å². The van der Waals surface area contributed by atoms with Gasteiger partial charge in [-0.25, -0.2) is 4.21 Å². The number of fused-ring (bicyclic) bond motifs is 1. The smallest absolute Gasteiger partial charge is 0.400 e. The van der Waals surface area contributed by atoms with Gasteiger partial charge in [-0.3, -0.25) is 14.8 Å². The molecule has 0 spiro atoms. The average molecular weight is 486 g/mol. The normalized spacial score (nSPS) is 12.6. The number of furan rings is 1. The lowest BCUT2D eigenvalue weighted by molar-refractivity contribution is -0.207. The molecule has 0 bridgehead atoms. The van der Waals surface area contributed by atoms with Gasteiger partial charge in [-0.2, -0.15) is 8.78 Å². The number of rotatable bonds is 8. The number of nitrogens with zero attached hydrogens (tertiary/aromatic N) is 2. The third-order valence-electron chi connectivity index (χ3n) is 4.93. The molecule has 4 rings (SSSR count). The van der Waals surface area contributed by atoms with Crippen LogP contribution in [0, 0.1) is 5.92 Å². The van der Waals surface area contributed by atoms with Gasteiger partial charge in [0, 0.05) is 22.7 Å². The van der Waals surface area contributed by atoms with Crippen molar-refractivity contribution >= 4 is 27.7 Å². The summed E-state index contributed by atoms with van der Waals surface area (Å²) < 4.78 is 50.9. The van der Waals surface area contributed by atoms with Gasteiger partial charge >= 0.3 is 6.11 Å². The van der Waals surface area contributed by atoms with Crippen LogP contribution >= 0.6 is 0 Å². The van der Waals surface area contributed by atoms with Crippen LogP contribution in [0.1, 0.15) is 30.1 Å². The molecule has 1 unspecified atom stereocenters. The first kappa shape index (κ1) is 23.5. The van der Waals surface area contributed by atoms with Crippen LogP contribution < -0.4 is 10.1 Å². The minimum atomic E-state index is -3.34. The van der Waals surface area contributed by atoms with Crippen LogP contribution in [0.25, 0.3) is 11.0 Å². The van der Waals surface area contributed by atoms with E-state index in [4.69, 9.17) is 9.15 Å². The molecule has 0 radical (unpaired) electrons. The summed E-state index contributed by atoms with van der Waals surface area (Å²) in [6.07, 6.45) is 1.22. The first-order valence-electron chi connectivity index (χ1n) is 10.4. The van der Waals surface area contributed by atoms with E-state index in [1.165, 1.54) is 44.4 Å². The number of benzene rings is 1. The third-order valence-corrected chi connectivity index (χ3v) is 6.29. The lowest BCUT2D eigenvalue weighted by Gasteiger charge is -2.21. The maximum atomic E-state index is 13.9. The number of ether oxygens (including phenoxy) is 1. The van der Waals surface area contributed by atoms with Crippen molar-refractivity contribution in [2.24, 2.45) is 5.92 Å². The lowest BCUT2D eigenvalue weighted by atomic mass is 10.2. The first-order valence-corrected chi connectivity index (χ1v) is 11.5. The molecule has 1 aromatic carbocycles. The van der Waals surface area contributed by atoms with Crippen LogP contribution in [0.3, 0.4) is 0 Å². The van der Waals surface area contributed by atoms with E-state index >= 15 is 0 Å². The van der Waals surface area contributed by atoms with Crippen molar-refractivity contribution in [2.75, 3.05) is 0 Å². The number of nitrogens with one attached hydrogen (secondary N) is 1. The predicted molar refractivity (Wildman–Crippen MR) is 121 cm³/mol. The number of aromatic nitrogens is 2. The molecule has 3 heterocycles. The topological polar surface area (TPSA) is 94.3 Å². The molecule has 0 aliphatic heterocycles. The molecule has 0 saturated heterocycles. The Morgan fingerprint density at radius 3 is 2.68 bits per heavy atom. The molecule has 0 fully saturated rings. The highest BCUT2D eigenvalue weighted by molar-refractivity contribution is 7.85. The Hall–Kier alpha value is -3.66. The summed E-state index contributed by atoms with van der Waals surface area (Å²) in [5.41, 5.74) is 1.06. The van der Waals surface area contributed by atoms with Gasteiger partial charge in [0.05, 0.1) is 40.0 Å². The summed E-state index contributed by atoms with van der Waals surface area (Å²) in [4.78, 5) is 21.2. The van der Waals surface area contributed by atoms with E-state index in [1.807, 2.05) is 0 Å². The Bertz CT molecular complexity index is 1310. The molecule has 0 aliphatic carbocycles. The molecule has 176 valence electrons. The van der Waals surface area contributed by atoms with Crippen LogP contribution in [0.2, 0.25) is 0 Å². The highest BCUT2D eigenvalue weighted by atomic mass is 32.2.